The molecule has 7 heteroatoms. The van der Waals surface area contributed by atoms with Crippen LogP contribution in [0.2, 0.25) is 0 Å². The molecule has 0 bridgehead atoms. The van der Waals surface area contributed by atoms with E-state index in [1.807, 2.05) is 7.05 Å². The molecule has 1 aromatic rings. The van der Waals surface area contributed by atoms with E-state index in [2.05, 4.69) is 70.9 Å². The van der Waals surface area contributed by atoms with E-state index in [0.29, 0.717) is 0 Å². The molecule has 0 atom stereocenters. The van der Waals surface area contributed by atoms with E-state index in [4.69, 9.17) is 4.74 Å². The van der Waals surface area contributed by atoms with E-state index in [9.17, 15) is 0 Å². The summed E-state index contributed by atoms with van der Waals surface area (Å²) in [5.74, 6) is 2.09. The quantitative estimate of drug-likeness (QED) is 0.398. The van der Waals surface area contributed by atoms with Crippen molar-refractivity contribution in [1.29, 1.82) is 0 Å². The Balaban J connectivity index is 0.00000288. The number of halogens is 1. The summed E-state index contributed by atoms with van der Waals surface area (Å²) in [6, 6.07) is 4.23. The Bertz CT molecular complexity index is 509. The lowest BCUT2D eigenvalue weighted by Crippen LogP contribution is -2.48. The van der Waals surface area contributed by atoms with Gasteiger partial charge in [0.2, 0.25) is 0 Å². The number of rotatable bonds is 6. The van der Waals surface area contributed by atoms with Crippen LogP contribution in [0.5, 0.6) is 0 Å². The molecule has 5 nitrogen and oxygen atoms in total. The second-order valence-electron chi connectivity index (χ2n) is 6.10. The standard InChI is InChI=1S/C17H30N4OS.HI/c1-5-23-17(8-11-22-12-9-17)14-19-16(18-2)21(4)13-15-7-6-10-20(15)3;/h6-7,10H,5,8-9,11-14H2,1-4H3,(H,18,19);1H. The molecule has 1 saturated heterocycles. The van der Waals surface area contributed by atoms with Crippen molar-refractivity contribution in [2.75, 3.05) is 39.6 Å². The Morgan fingerprint density at radius 3 is 2.71 bits per heavy atom. The average Bonchev–Trinajstić information content (AvgIpc) is 2.94. The molecule has 138 valence electrons. The normalized spacial score (nSPS) is 17.2. The molecule has 0 radical (unpaired) electrons. The van der Waals surface area contributed by atoms with Crippen molar-refractivity contribution in [3.05, 3.63) is 24.0 Å². The first kappa shape index (κ1) is 21.6. The van der Waals surface area contributed by atoms with E-state index in [0.717, 1.165) is 50.9 Å². The van der Waals surface area contributed by atoms with Crippen LogP contribution >= 0.6 is 35.7 Å². The molecule has 24 heavy (non-hydrogen) atoms. The number of thioether (sulfide) groups is 1. The molecule has 0 saturated carbocycles. The van der Waals surface area contributed by atoms with Crippen LogP contribution < -0.4 is 5.32 Å². The molecule has 0 aliphatic carbocycles. The van der Waals surface area contributed by atoms with E-state index >= 15 is 0 Å². The van der Waals surface area contributed by atoms with Gasteiger partial charge in [0.05, 0.1) is 6.54 Å². The van der Waals surface area contributed by atoms with Crippen LogP contribution in [-0.2, 0) is 18.3 Å². The molecule has 1 aliphatic heterocycles. The van der Waals surface area contributed by atoms with Crippen LogP contribution in [0.25, 0.3) is 0 Å². The van der Waals surface area contributed by atoms with E-state index in [1.54, 1.807) is 0 Å². The first-order chi connectivity index (χ1) is 11.1. The Morgan fingerprint density at radius 1 is 1.46 bits per heavy atom. The molecule has 1 fully saturated rings. The SMILES string of the molecule is CCSC1(CNC(=NC)N(C)Cc2cccn2C)CCOCC1.I. The Hall–Kier alpha value is -0.410. The summed E-state index contributed by atoms with van der Waals surface area (Å²) < 4.78 is 7.97. The van der Waals surface area contributed by atoms with Gasteiger partial charge in [0, 0.05) is 57.5 Å². The number of aryl methyl sites for hydroxylation is 1. The monoisotopic (exact) mass is 466 g/mol. The Kier molecular flexibility index (Phi) is 9.51. The summed E-state index contributed by atoms with van der Waals surface area (Å²) >= 11 is 2.05. The third-order valence-electron chi connectivity index (χ3n) is 4.45. The molecule has 0 unspecified atom stereocenters. The van der Waals surface area contributed by atoms with E-state index in [1.165, 1.54) is 5.69 Å². The topological polar surface area (TPSA) is 41.8 Å². The number of ether oxygens (including phenoxy) is 1. The predicted octanol–water partition coefficient (Wildman–Crippen LogP) is 2.95. The van der Waals surface area contributed by atoms with E-state index < -0.39 is 0 Å². The minimum Gasteiger partial charge on any atom is -0.381 e. The van der Waals surface area contributed by atoms with Crippen LogP contribution in [-0.4, -0.2) is 59.8 Å². The van der Waals surface area contributed by atoms with Gasteiger partial charge in [0.25, 0.3) is 0 Å². The summed E-state index contributed by atoms with van der Waals surface area (Å²) in [7, 11) is 6.02. The van der Waals surface area contributed by atoms with Crippen LogP contribution in [0.4, 0.5) is 0 Å². The van der Waals surface area contributed by atoms with Gasteiger partial charge in [-0.15, -0.1) is 24.0 Å². The Morgan fingerprint density at radius 2 is 2.17 bits per heavy atom. The zero-order valence-corrected chi connectivity index (χ0v) is 18.4. The lowest BCUT2D eigenvalue weighted by Gasteiger charge is -2.37. The van der Waals surface area contributed by atoms with Crippen LogP contribution in [0.15, 0.2) is 23.3 Å². The fourth-order valence-electron chi connectivity index (χ4n) is 3.03. The molecule has 1 N–H and O–H groups in total. The highest BCUT2D eigenvalue weighted by Gasteiger charge is 2.33. The van der Waals surface area contributed by atoms with Crippen molar-refractivity contribution in [1.82, 2.24) is 14.8 Å². The zero-order valence-electron chi connectivity index (χ0n) is 15.2. The van der Waals surface area contributed by atoms with Crippen molar-refractivity contribution in [2.24, 2.45) is 12.0 Å². The minimum absolute atomic E-state index is 0. The number of nitrogens with zero attached hydrogens (tertiary/aromatic N) is 3. The largest absolute Gasteiger partial charge is 0.381 e. The molecule has 2 rings (SSSR count). The number of aliphatic imine (C=N–C) groups is 1. The van der Waals surface area contributed by atoms with Gasteiger partial charge in [0.15, 0.2) is 5.96 Å². The smallest absolute Gasteiger partial charge is 0.193 e. The van der Waals surface area contributed by atoms with Gasteiger partial charge in [0.1, 0.15) is 0 Å². The molecule has 2 heterocycles. The highest BCUT2D eigenvalue weighted by atomic mass is 127. The molecule has 0 aromatic carbocycles. The summed E-state index contributed by atoms with van der Waals surface area (Å²) in [6.07, 6.45) is 4.29. The lowest BCUT2D eigenvalue weighted by atomic mass is 9.99. The van der Waals surface area contributed by atoms with Gasteiger partial charge in [-0.2, -0.15) is 11.8 Å². The second-order valence-corrected chi connectivity index (χ2v) is 7.83. The van der Waals surface area contributed by atoms with Crippen molar-refractivity contribution in [2.45, 2.75) is 31.1 Å². The van der Waals surface area contributed by atoms with Crippen molar-refractivity contribution < 1.29 is 4.74 Å². The maximum Gasteiger partial charge on any atom is 0.193 e. The number of nitrogens with one attached hydrogen (secondary N) is 1. The van der Waals surface area contributed by atoms with Gasteiger partial charge in [-0.3, -0.25) is 4.99 Å². The van der Waals surface area contributed by atoms with Gasteiger partial charge in [-0.1, -0.05) is 6.92 Å². The lowest BCUT2D eigenvalue weighted by molar-refractivity contribution is 0.0780. The van der Waals surface area contributed by atoms with Gasteiger partial charge in [-0.25, -0.2) is 0 Å². The van der Waals surface area contributed by atoms with Crippen LogP contribution in [0, 0.1) is 0 Å². The average molecular weight is 466 g/mol. The number of guanidine groups is 1. The second kappa shape index (κ2) is 10.6. The molecular weight excluding hydrogens is 435 g/mol. The number of hydrogen-bond acceptors (Lipinski definition) is 3. The summed E-state index contributed by atoms with van der Waals surface area (Å²) in [5, 5.41) is 3.59. The summed E-state index contributed by atoms with van der Waals surface area (Å²) in [6.45, 7) is 5.76. The maximum atomic E-state index is 5.55. The number of hydrogen-bond donors (Lipinski definition) is 1. The summed E-state index contributed by atoms with van der Waals surface area (Å²) in [5.41, 5.74) is 1.28. The van der Waals surface area contributed by atoms with Crippen LogP contribution in [0.3, 0.4) is 0 Å². The third-order valence-corrected chi connectivity index (χ3v) is 5.90. The fourth-order valence-corrected chi connectivity index (χ4v) is 4.27. The molecule has 1 aromatic heterocycles. The van der Waals surface area contributed by atoms with Gasteiger partial charge in [-0.05, 0) is 30.7 Å². The highest BCUT2D eigenvalue weighted by molar-refractivity contribution is 14.0. The molecular formula is C17H31IN4OS. The Labute approximate surface area is 167 Å². The first-order valence-corrected chi connectivity index (χ1v) is 9.32. The maximum absolute atomic E-state index is 5.55. The van der Waals surface area contributed by atoms with Crippen molar-refractivity contribution in [3.63, 3.8) is 0 Å². The molecule has 0 spiro atoms. The highest BCUT2D eigenvalue weighted by Crippen LogP contribution is 2.34. The first-order valence-electron chi connectivity index (χ1n) is 8.34. The zero-order chi connectivity index (χ0) is 16.7. The number of aromatic nitrogens is 1. The molecule has 0 amide bonds. The summed E-state index contributed by atoms with van der Waals surface area (Å²) in [4.78, 5) is 6.64. The van der Waals surface area contributed by atoms with Crippen molar-refractivity contribution in [3.8, 4) is 0 Å². The van der Waals surface area contributed by atoms with Crippen LogP contribution in [0.1, 0.15) is 25.5 Å². The third kappa shape index (κ3) is 5.84. The van der Waals surface area contributed by atoms with Gasteiger partial charge < -0.3 is 19.5 Å². The van der Waals surface area contributed by atoms with Crippen molar-refractivity contribution >= 4 is 41.7 Å². The fraction of sp³-hybridized carbons (Fsp3) is 0.706. The molecule has 1 aliphatic rings. The minimum atomic E-state index is 0. The predicted molar refractivity (Wildman–Crippen MR) is 115 cm³/mol. The van der Waals surface area contributed by atoms with Gasteiger partial charge >= 0.3 is 0 Å². The van der Waals surface area contributed by atoms with E-state index in [-0.39, 0.29) is 28.7 Å².